The number of nitrogens with zero attached hydrogens (tertiary/aromatic N) is 1. The summed E-state index contributed by atoms with van der Waals surface area (Å²) < 4.78 is 26.2. The molecule has 7 heteroatoms. The highest BCUT2D eigenvalue weighted by atomic mass is 19.1. The van der Waals surface area contributed by atoms with Crippen molar-refractivity contribution in [1.82, 2.24) is 4.90 Å². The molecule has 0 aliphatic rings. The van der Waals surface area contributed by atoms with Crippen LogP contribution in [-0.4, -0.2) is 29.4 Å². The van der Waals surface area contributed by atoms with E-state index in [9.17, 15) is 13.6 Å². The largest absolute Gasteiger partial charge is 0.388 e. The fourth-order valence-corrected chi connectivity index (χ4v) is 1.61. The van der Waals surface area contributed by atoms with E-state index in [4.69, 9.17) is 11.1 Å². The fraction of sp³-hybridized carbons (Fsp3) is 0.385. The molecular formula is C13H18F2N4O. The number of hydrogen-bond acceptors (Lipinski definition) is 2. The van der Waals surface area contributed by atoms with Crippen molar-refractivity contribution in [3.8, 4) is 0 Å². The molecule has 0 saturated heterocycles. The van der Waals surface area contributed by atoms with Gasteiger partial charge in [0.2, 0.25) is 0 Å². The molecule has 0 spiro atoms. The highest BCUT2D eigenvalue weighted by Gasteiger charge is 2.18. The molecule has 0 unspecified atom stereocenters. The number of anilines is 1. The number of nitrogens with one attached hydrogen (secondary N) is 2. The molecule has 0 radical (unpaired) electrons. The van der Waals surface area contributed by atoms with Crippen LogP contribution in [0.5, 0.6) is 0 Å². The molecule has 0 aliphatic heterocycles. The first-order valence-electron chi connectivity index (χ1n) is 6.17. The third-order valence-corrected chi connectivity index (χ3v) is 2.68. The maximum Gasteiger partial charge on any atom is 0.322 e. The molecule has 0 saturated carbocycles. The summed E-state index contributed by atoms with van der Waals surface area (Å²) in [4.78, 5) is 13.5. The van der Waals surface area contributed by atoms with Gasteiger partial charge in [0.15, 0.2) is 0 Å². The average molecular weight is 284 g/mol. The molecule has 0 fully saturated rings. The maximum atomic E-state index is 13.5. The van der Waals surface area contributed by atoms with Gasteiger partial charge < -0.3 is 16.0 Å². The smallest absolute Gasteiger partial charge is 0.322 e. The quantitative estimate of drug-likeness (QED) is 0.573. The Morgan fingerprint density at radius 3 is 2.60 bits per heavy atom. The summed E-state index contributed by atoms with van der Waals surface area (Å²) in [6.07, 6.45) is 0.234. The van der Waals surface area contributed by atoms with Crippen LogP contribution >= 0.6 is 0 Å². The first-order valence-corrected chi connectivity index (χ1v) is 6.17. The molecule has 0 atom stereocenters. The minimum Gasteiger partial charge on any atom is -0.388 e. The molecule has 0 aliphatic carbocycles. The summed E-state index contributed by atoms with van der Waals surface area (Å²) in [5.74, 6) is -1.58. The van der Waals surface area contributed by atoms with Gasteiger partial charge in [-0.1, -0.05) is 0 Å². The lowest BCUT2D eigenvalue weighted by Crippen LogP contribution is -2.41. The second kappa shape index (κ2) is 6.83. The molecule has 0 aromatic heterocycles. The zero-order chi connectivity index (χ0) is 15.3. The van der Waals surface area contributed by atoms with Gasteiger partial charge in [0.25, 0.3) is 0 Å². The second-order valence-corrected chi connectivity index (χ2v) is 4.62. The highest BCUT2D eigenvalue weighted by molar-refractivity contribution is 5.90. The maximum absolute atomic E-state index is 13.5. The molecule has 1 aromatic rings. The van der Waals surface area contributed by atoms with Crippen LogP contribution in [0.15, 0.2) is 18.2 Å². The number of carbonyl (C=O) groups excluding carboxylic acids is 1. The molecule has 0 bridgehead atoms. The highest BCUT2D eigenvalue weighted by Crippen LogP contribution is 2.16. The van der Waals surface area contributed by atoms with E-state index in [-0.39, 0.29) is 30.5 Å². The molecule has 5 nitrogen and oxygen atoms in total. The topological polar surface area (TPSA) is 82.2 Å². The standard InChI is InChI=1S/C13H18F2N4O/c1-8(2)19(6-5-12(16)17)13(20)18-11-4-3-9(14)7-10(11)15/h3-4,7-8H,5-6H2,1-2H3,(H3,16,17)(H,18,20). The second-order valence-electron chi connectivity index (χ2n) is 4.62. The van der Waals surface area contributed by atoms with Crippen LogP contribution in [0.1, 0.15) is 20.3 Å². The van der Waals surface area contributed by atoms with Gasteiger partial charge in [-0.15, -0.1) is 0 Å². The summed E-state index contributed by atoms with van der Waals surface area (Å²) in [6, 6.07) is 2.26. The molecular weight excluding hydrogens is 266 g/mol. The van der Waals surface area contributed by atoms with Crippen LogP contribution < -0.4 is 11.1 Å². The number of hydrogen-bond donors (Lipinski definition) is 3. The van der Waals surface area contributed by atoms with E-state index in [1.54, 1.807) is 13.8 Å². The van der Waals surface area contributed by atoms with E-state index in [2.05, 4.69) is 5.32 Å². The van der Waals surface area contributed by atoms with Gasteiger partial charge in [-0.05, 0) is 26.0 Å². The SMILES string of the molecule is CC(C)N(CCC(=N)N)C(=O)Nc1ccc(F)cc1F. The van der Waals surface area contributed by atoms with Crippen LogP contribution in [-0.2, 0) is 0 Å². The lowest BCUT2D eigenvalue weighted by Gasteiger charge is -2.26. The number of nitrogens with two attached hydrogens (primary N) is 1. The number of benzene rings is 1. The Morgan fingerprint density at radius 1 is 1.45 bits per heavy atom. The van der Waals surface area contributed by atoms with Gasteiger partial charge in [-0.2, -0.15) is 0 Å². The van der Waals surface area contributed by atoms with Gasteiger partial charge in [-0.3, -0.25) is 5.41 Å². The molecule has 1 rings (SSSR count). The molecule has 20 heavy (non-hydrogen) atoms. The van der Waals surface area contributed by atoms with Crippen molar-refractivity contribution in [2.45, 2.75) is 26.3 Å². The predicted octanol–water partition coefficient (Wildman–Crippen LogP) is 2.53. The Bertz CT molecular complexity index is 505. The molecule has 110 valence electrons. The predicted molar refractivity (Wildman–Crippen MR) is 73.7 cm³/mol. The van der Waals surface area contributed by atoms with Crippen LogP contribution in [0.25, 0.3) is 0 Å². The zero-order valence-electron chi connectivity index (χ0n) is 11.4. The van der Waals surface area contributed by atoms with Gasteiger partial charge in [0, 0.05) is 25.1 Å². The van der Waals surface area contributed by atoms with Crippen molar-refractivity contribution in [2.24, 2.45) is 5.73 Å². The third kappa shape index (κ3) is 4.49. The number of rotatable bonds is 5. The molecule has 4 N–H and O–H groups in total. The minimum atomic E-state index is -0.839. The van der Waals surface area contributed by atoms with Gasteiger partial charge in [0.05, 0.1) is 11.5 Å². The first kappa shape index (κ1) is 15.9. The van der Waals surface area contributed by atoms with Gasteiger partial charge in [-0.25, -0.2) is 13.6 Å². The van der Waals surface area contributed by atoms with Crippen molar-refractivity contribution in [3.63, 3.8) is 0 Å². The lowest BCUT2D eigenvalue weighted by atomic mass is 10.2. The Labute approximate surface area is 116 Å². The van der Waals surface area contributed by atoms with Gasteiger partial charge in [0.1, 0.15) is 11.6 Å². The van der Waals surface area contributed by atoms with Crippen LogP contribution in [0, 0.1) is 17.0 Å². The van der Waals surface area contributed by atoms with Crippen molar-refractivity contribution in [1.29, 1.82) is 5.41 Å². The number of urea groups is 1. The zero-order valence-corrected chi connectivity index (χ0v) is 11.4. The minimum absolute atomic E-state index is 0.0311. The molecule has 0 heterocycles. The third-order valence-electron chi connectivity index (χ3n) is 2.68. The first-order chi connectivity index (χ1) is 9.31. The Morgan fingerprint density at radius 2 is 2.10 bits per heavy atom. The number of carbonyl (C=O) groups is 1. The van der Waals surface area contributed by atoms with E-state index in [1.165, 1.54) is 4.90 Å². The Balaban J connectivity index is 2.77. The summed E-state index contributed by atoms with van der Waals surface area (Å²) in [5.41, 5.74) is 5.16. The van der Waals surface area contributed by atoms with Gasteiger partial charge >= 0.3 is 6.03 Å². The Kier molecular flexibility index (Phi) is 5.42. The van der Waals surface area contributed by atoms with E-state index in [1.807, 2.05) is 0 Å². The van der Waals surface area contributed by atoms with E-state index in [0.29, 0.717) is 6.07 Å². The number of amides is 2. The van der Waals surface area contributed by atoms with Crippen molar-refractivity contribution in [3.05, 3.63) is 29.8 Å². The van der Waals surface area contributed by atoms with Crippen molar-refractivity contribution in [2.75, 3.05) is 11.9 Å². The van der Waals surface area contributed by atoms with Crippen molar-refractivity contribution >= 4 is 17.6 Å². The monoisotopic (exact) mass is 284 g/mol. The van der Waals surface area contributed by atoms with E-state index in [0.717, 1.165) is 12.1 Å². The van der Waals surface area contributed by atoms with Crippen LogP contribution in [0.3, 0.4) is 0 Å². The van der Waals surface area contributed by atoms with E-state index < -0.39 is 17.7 Å². The summed E-state index contributed by atoms with van der Waals surface area (Å²) >= 11 is 0. The van der Waals surface area contributed by atoms with Crippen molar-refractivity contribution < 1.29 is 13.6 Å². The molecule has 2 amide bonds. The fourth-order valence-electron chi connectivity index (χ4n) is 1.61. The molecule has 1 aromatic carbocycles. The normalized spacial score (nSPS) is 10.4. The lowest BCUT2D eigenvalue weighted by molar-refractivity contribution is 0.199. The van der Waals surface area contributed by atoms with Crippen LogP contribution in [0.4, 0.5) is 19.3 Å². The summed E-state index contributed by atoms with van der Waals surface area (Å²) in [6.45, 7) is 3.84. The average Bonchev–Trinajstić information content (AvgIpc) is 2.32. The Hall–Kier alpha value is -2.18. The number of amidine groups is 1. The van der Waals surface area contributed by atoms with Crippen LogP contribution in [0.2, 0.25) is 0 Å². The summed E-state index contributed by atoms with van der Waals surface area (Å²) in [7, 11) is 0. The van der Waals surface area contributed by atoms with E-state index >= 15 is 0 Å². The number of halogens is 2. The summed E-state index contributed by atoms with van der Waals surface area (Å²) in [5, 5.41) is 9.54.